The van der Waals surface area contributed by atoms with Crippen molar-refractivity contribution in [2.75, 3.05) is 12.3 Å². The second kappa shape index (κ2) is 6.72. The molecule has 0 atom stereocenters. The number of rotatable bonds is 5. The molecule has 0 unspecified atom stereocenters. The van der Waals surface area contributed by atoms with Gasteiger partial charge in [0.1, 0.15) is 5.82 Å². The van der Waals surface area contributed by atoms with Crippen molar-refractivity contribution in [1.29, 1.82) is 0 Å². The van der Waals surface area contributed by atoms with E-state index in [4.69, 9.17) is 10.5 Å². The Morgan fingerprint density at radius 3 is 2.80 bits per heavy atom. The van der Waals surface area contributed by atoms with Crippen molar-refractivity contribution in [3.8, 4) is 5.88 Å². The molecule has 0 saturated heterocycles. The average Bonchev–Trinajstić information content (AvgIpc) is 2.18. The number of halogens is 2. The lowest BCUT2D eigenvalue weighted by Gasteiger charge is -2.09. The molecule has 0 amide bonds. The molecule has 0 aliphatic rings. The molecule has 0 aromatic carbocycles. The minimum atomic E-state index is 0.586. The first kappa shape index (κ1) is 13.3. The Labute approximate surface area is 117 Å². The Kier molecular flexibility index (Phi) is 5.95. The van der Waals surface area contributed by atoms with Crippen LogP contribution in [-0.4, -0.2) is 11.6 Å². The zero-order valence-corrected chi connectivity index (χ0v) is 12.9. The van der Waals surface area contributed by atoms with Crippen molar-refractivity contribution in [3.63, 3.8) is 0 Å². The number of hydrogen-bond donors (Lipinski definition) is 1. The number of aromatic nitrogens is 1. The normalized spacial score (nSPS) is 10.3. The summed E-state index contributed by atoms with van der Waals surface area (Å²) in [4.78, 5) is 4.22. The number of alkyl halides is 1. The van der Waals surface area contributed by atoms with Gasteiger partial charge in [-0.1, -0.05) is 35.9 Å². The molecule has 0 spiro atoms. The summed E-state index contributed by atoms with van der Waals surface area (Å²) in [5.41, 5.74) is 6.93. The predicted octanol–water partition coefficient (Wildman–Crippen LogP) is 3.38. The Morgan fingerprint density at radius 2 is 2.27 bits per heavy atom. The molecule has 0 aliphatic heterocycles. The van der Waals surface area contributed by atoms with Crippen molar-refractivity contribution in [2.24, 2.45) is 0 Å². The van der Waals surface area contributed by atoms with Gasteiger partial charge >= 0.3 is 0 Å². The average molecular weight is 432 g/mol. The summed E-state index contributed by atoms with van der Waals surface area (Å²) < 4.78 is 7.51. The first-order chi connectivity index (χ1) is 7.19. The summed E-state index contributed by atoms with van der Waals surface area (Å²) >= 11 is 4.55. The lowest BCUT2D eigenvalue weighted by molar-refractivity contribution is 0.298. The smallest absolute Gasteiger partial charge is 0.216 e. The van der Waals surface area contributed by atoms with Crippen LogP contribution in [0.25, 0.3) is 0 Å². The fourth-order valence-corrected chi connectivity index (χ4v) is 3.33. The number of anilines is 1. The van der Waals surface area contributed by atoms with Crippen LogP contribution < -0.4 is 10.5 Å². The highest BCUT2D eigenvalue weighted by Crippen LogP contribution is 2.24. The molecular weight excluding hydrogens is 418 g/mol. The maximum atomic E-state index is 5.84. The van der Waals surface area contributed by atoms with Gasteiger partial charge in [0.25, 0.3) is 0 Å². The molecular formula is C10H14I2N2O. The van der Waals surface area contributed by atoms with Gasteiger partial charge in [0.2, 0.25) is 5.88 Å². The van der Waals surface area contributed by atoms with Crippen molar-refractivity contribution >= 4 is 51.0 Å². The molecule has 0 fully saturated rings. The van der Waals surface area contributed by atoms with Gasteiger partial charge in [0.05, 0.1) is 6.61 Å². The SMILES string of the molecule is CCCCOc1cc(I)c(CI)c(N)n1. The summed E-state index contributed by atoms with van der Waals surface area (Å²) in [6.45, 7) is 2.84. The van der Waals surface area contributed by atoms with Gasteiger partial charge in [0, 0.05) is 19.6 Å². The number of nitrogen functional groups attached to an aromatic ring is 1. The highest BCUT2D eigenvalue weighted by molar-refractivity contribution is 14.1. The molecule has 0 bridgehead atoms. The van der Waals surface area contributed by atoms with E-state index in [2.05, 4.69) is 57.1 Å². The molecule has 15 heavy (non-hydrogen) atoms. The van der Waals surface area contributed by atoms with Gasteiger partial charge in [-0.25, -0.2) is 0 Å². The van der Waals surface area contributed by atoms with Crippen LogP contribution in [0, 0.1) is 3.57 Å². The van der Waals surface area contributed by atoms with Crippen LogP contribution in [0.15, 0.2) is 6.07 Å². The Bertz CT molecular complexity index is 308. The van der Waals surface area contributed by atoms with E-state index in [9.17, 15) is 0 Å². The van der Waals surface area contributed by atoms with E-state index >= 15 is 0 Å². The Balaban J connectivity index is 2.75. The van der Waals surface area contributed by atoms with Crippen LogP contribution in [0.3, 0.4) is 0 Å². The number of unbranched alkanes of at least 4 members (excludes halogenated alkanes) is 1. The number of nitrogens with two attached hydrogens (primary N) is 1. The highest BCUT2D eigenvalue weighted by atomic mass is 127. The second-order valence-electron chi connectivity index (χ2n) is 3.14. The number of nitrogens with zero attached hydrogens (tertiary/aromatic N) is 1. The van der Waals surface area contributed by atoms with Crippen LogP contribution in [0.4, 0.5) is 5.82 Å². The van der Waals surface area contributed by atoms with Crippen molar-refractivity contribution in [1.82, 2.24) is 4.98 Å². The zero-order valence-electron chi connectivity index (χ0n) is 8.59. The molecule has 1 aromatic heterocycles. The van der Waals surface area contributed by atoms with E-state index in [1.54, 1.807) is 0 Å². The molecule has 0 aliphatic carbocycles. The minimum Gasteiger partial charge on any atom is -0.478 e. The summed E-state index contributed by atoms with van der Waals surface area (Å²) in [5.74, 6) is 1.22. The van der Waals surface area contributed by atoms with E-state index in [0.717, 1.165) is 26.4 Å². The van der Waals surface area contributed by atoms with Crippen molar-refractivity contribution in [2.45, 2.75) is 24.2 Å². The van der Waals surface area contributed by atoms with Gasteiger partial charge in [-0.2, -0.15) is 4.98 Å². The number of ether oxygens (including phenoxy) is 1. The third-order valence-electron chi connectivity index (χ3n) is 1.96. The molecule has 3 nitrogen and oxygen atoms in total. The molecule has 2 N–H and O–H groups in total. The number of hydrogen-bond acceptors (Lipinski definition) is 3. The maximum absolute atomic E-state index is 5.84. The lowest BCUT2D eigenvalue weighted by atomic mass is 10.3. The van der Waals surface area contributed by atoms with Gasteiger partial charge in [-0.3, -0.25) is 0 Å². The third-order valence-corrected chi connectivity index (χ3v) is 3.69. The molecule has 1 heterocycles. The molecule has 5 heteroatoms. The van der Waals surface area contributed by atoms with E-state index in [1.807, 2.05) is 6.07 Å². The van der Waals surface area contributed by atoms with Crippen molar-refractivity contribution in [3.05, 3.63) is 15.2 Å². The maximum Gasteiger partial charge on any atom is 0.216 e. The minimum absolute atomic E-state index is 0.586. The molecule has 0 radical (unpaired) electrons. The molecule has 1 rings (SSSR count). The lowest BCUT2D eigenvalue weighted by Crippen LogP contribution is -2.04. The first-order valence-electron chi connectivity index (χ1n) is 4.82. The quantitative estimate of drug-likeness (QED) is 0.441. The van der Waals surface area contributed by atoms with Gasteiger partial charge < -0.3 is 10.5 Å². The fraction of sp³-hybridized carbons (Fsp3) is 0.500. The largest absolute Gasteiger partial charge is 0.478 e. The van der Waals surface area contributed by atoms with Crippen LogP contribution in [0.5, 0.6) is 5.88 Å². The summed E-state index contributed by atoms with van der Waals surface area (Å²) in [7, 11) is 0. The Morgan fingerprint density at radius 1 is 1.53 bits per heavy atom. The predicted molar refractivity (Wildman–Crippen MR) is 79.5 cm³/mol. The monoisotopic (exact) mass is 432 g/mol. The van der Waals surface area contributed by atoms with Crippen LogP contribution in [0.2, 0.25) is 0 Å². The molecule has 0 saturated carbocycles. The zero-order chi connectivity index (χ0) is 11.3. The van der Waals surface area contributed by atoms with Gasteiger partial charge in [0.15, 0.2) is 0 Å². The second-order valence-corrected chi connectivity index (χ2v) is 5.07. The van der Waals surface area contributed by atoms with Gasteiger partial charge in [-0.05, 0) is 29.0 Å². The first-order valence-corrected chi connectivity index (χ1v) is 7.43. The van der Waals surface area contributed by atoms with Crippen molar-refractivity contribution < 1.29 is 4.74 Å². The molecule has 1 aromatic rings. The van der Waals surface area contributed by atoms with Gasteiger partial charge in [-0.15, -0.1) is 0 Å². The summed E-state index contributed by atoms with van der Waals surface area (Å²) in [5, 5.41) is 0. The third kappa shape index (κ3) is 3.93. The van der Waals surface area contributed by atoms with E-state index in [-0.39, 0.29) is 0 Å². The topological polar surface area (TPSA) is 48.1 Å². The summed E-state index contributed by atoms with van der Waals surface area (Å²) in [6, 6.07) is 1.95. The summed E-state index contributed by atoms with van der Waals surface area (Å²) in [6.07, 6.45) is 2.17. The van der Waals surface area contributed by atoms with E-state index in [0.29, 0.717) is 18.3 Å². The van der Waals surface area contributed by atoms with E-state index in [1.165, 1.54) is 0 Å². The van der Waals surface area contributed by atoms with Crippen LogP contribution >= 0.6 is 45.2 Å². The highest BCUT2D eigenvalue weighted by Gasteiger charge is 2.07. The Hall–Kier alpha value is 0.210. The van der Waals surface area contributed by atoms with Crippen LogP contribution in [0.1, 0.15) is 25.3 Å². The fourth-order valence-electron chi connectivity index (χ4n) is 1.06. The molecule has 84 valence electrons. The van der Waals surface area contributed by atoms with Crippen LogP contribution in [-0.2, 0) is 4.43 Å². The van der Waals surface area contributed by atoms with E-state index < -0.39 is 0 Å². The number of pyridine rings is 1. The standard InChI is InChI=1S/C10H14I2N2O/c1-2-3-4-15-9-5-8(12)7(6-11)10(13)14-9/h5H,2-4,6H2,1H3,(H2,13,14).